The van der Waals surface area contributed by atoms with Crippen LogP contribution >= 0.6 is 23.1 Å². The van der Waals surface area contributed by atoms with Gasteiger partial charge in [-0.1, -0.05) is 52.4 Å². The van der Waals surface area contributed by atoms with E-state index in [9.17, 15) is 9.18 Å². The molecule has 0 saturated carbocycles. The first kappa shape index (κ1) is 21.1. The molecule has 0 fully saturated rings. The molecule has 158 valence electrons. The maximum Gasteiger partial charge on any atom is 0.282 e. The van der Waals surface area contributed by atoms with E-state index in [1.54, 1.807) is 12.1 Å². The van der Waals surface area contributed by atoms with E-state index in [1.807, 2.05) is 26.0 Å². The number of aromatic nitrogens is 4. The third-order valence-corrected chi connectivity index (χ3v) is 6.16. The molecule has 1 N–H and O–H groups in total. The lowest BCUT2D eigenvalue weighted by atomic mass is 10.1. The Morgan fingerprint density at radius 3 is 2.55 bits per heavy atom. The number of carbonyl (C=O) groups excluding carboxylic acids is 1. The first-order valence-electron chi connectivity index (χ1n) is 9.36. The minimum Gasteiger partial charge on any atom is -0.411 e. The van der Waals surface area contributed by atoms with Crippen LogP contribution < -0.4 is 5.32 Å². The monoisotopic (exact) mass is 455 g/mol. The number of halogens is 1. The molecular weight excluding hydrogens is 437 g/mol. The van der Waals surface area contributed by atoms with Crippen molar-refractivity contribution in [1.29, 1.82) is 0 Å². The van der Waals surface area contributed by atoms with Gasteiger partial charge in [0.2, 0.25) is 10.9 Å². The molecule has 1 amide bonds. The summed E-state index contributed by atoms with van der Waals surface area (Å²) in [4.78, 5) is 12.3. The summed E-state index contributed by atoms with van der Waals surface area (Å²) in [6.45, 7) is 4.32. The standard InChI is InChI=1S/C21H18FN5O2S2/c1-12-7-13(2)9-15(8-12)19-25-27-21(29-19)30-11-17-24-26-20(31-17)18(28)23-10-14-3-5-16(22)6-4-14/h3-9H,10-11H2,1-2H3,(H,23,28). The van der Waals surface area contributed by atoms with Crippen LogP contribution in [0.4, 0.5) is 4.39 Å². The number of thioether (sulfide) groups is 1. The fraction of sp³-hybridized carbons (Fsp3) is 0.190. The van der Waals surface area contributed by atoms with Crippen LogP contribution in [0.2, 0.25) is 0 Å². The normalized spacial score (nSPS) is 10.9. The Kier molecular flexibility index (Phi) is 6.38. The molecule has 10 heteroatoms. The molecule has 0 bridgehead atoms. The number of hydrogen-bond acceptors (Lipinski definition) is 8. The van der Waals surface area contributed by atoms with Crippen molar-refractivity contribution in [2.45, 2.75) is 31.4 Å². The van der Waals surface area contributed by atoms with Crippen molar-refractivity contribution in [2.24, 2.45) is 0 Å². The van der Waals surface area contributed by atoms with Gasteiger partial charge in [-0.25, -0.2) is 4.39 Å². The quantitative estimate of drug-likeness (QED) is 0.408. The summed E-state index contributed by atoms with van der Waals surface area (Å²) in [5.41, 5.74) is 3.93. The van der Waals surface area contributed by atoms with E-state index >= 15 is 0 Å². The number of nitrogens with one attached hydrogen (secondary N) is 1. The van der Waals surface area contributed by atoms with Gasteiger partial charge in [0.25, 0.3) is 11.1 Å². The molecule has 31 heavy (non-hydrogen) atoms. The maximum absolute atomic E-state index is 12.9. The van der Waals surface area contributed by atoms with Crippen molar-refractivity contribution in [3.8, 4) is 11.5 Å². The molecule has 0 aliphatic heterocycles. The van der Waals surface area contributed by atoms with Crippen LogP contribution in [0.1, 0.15) is 31.5 Å². The van der Waals surface area contributed by atoms with Crippen molar-refractivity contribution >= 4 is 29.0 Å². The zero-order valence-electron chi connectivity index (χ0n) is 16.8. The molecule has 4 rings (SSSR count). The number of benzene rings is 2. The predicted molar refractivity (Wildman–Crippen MR) is 116 cm³/mol. The van der Waals surface area contributed by atoms with Crippen molar-refractivity contribution in [2.75, 3.05) is 0 Å². The van der Waals surface area contributed by atoms with Gasteiger partial charge < -0.3 is 9.73 Å². The van der Waals surface area contributed by atoms with Crippen LogP contribution in [0.25, 0.3) is 11.5 Å². The Morgan fingerprint density at radius 2 is 1.81 bits per heavy atom. The Morgan fingerprint density at radius 1 is 1.06 bits per heavy atom. The molecule has 0 atom stereocenters. The Hall–Kier alpha value is -3.11. The van der Waals surface area contributed by atoms with Gasteiger partial charge in [0.15, 0.2) is 0 Å². The zero-order valence-corrected chi connectivity index (χ0v) is 18.4. The fourth-order valence-corrected chi connectivity index (χ4v) is 4.38. The van der Waals surface area contributed by atoms with Crippen molar-refractivity contribution in [1.82, 2.24) is 25.7 Å². The van der Waals surface area contributed by atoms with Crippen LogP contribution in [0.15, 0.2) is 52.1 Å². The summed E-state index contributed by atoms with van der Waals surface area (Å²) in [7, 11) is 0. The first-order chi connectivity index (χ1) is 15.0. The lowest BCUT2D eigenvalue weighted by molar-refractivity contribution is 0.0950. The van der Waals surface area contributed by atoms with Crippen LogP contribution in [-0.4, -0.2) is 26.3 Å². The number of amides is 1. The van der Waals surface area contributed by atoms with E-state index in [-0.39, 0.29) is 23.3 Å². The number of aryl methyl sites for hydroxylation is 2. The van der Waals surface area contributed by atoms with Crippen LogP contribution in [0.5, 0.6) is 0 Å². The lowest BCUT2D eigenvalue weighted by Crippen LogP contribution is -2.22. The summed E-state index contributed by atoms with van der Waals surface area (Å²) >= 11 is 2.53. The summed E-state index contributed by atoms with van der Waals surface area (Å²) in [5, 5.41) is 20.3. The lowest BCUT2D eigenvalue weighted by Gasteiger charge is -2.02. The molecule has 7 nitrogen and oxygen atoms in total. The fourth-order valence-electron chi connectivity index (χ4n) is 2.87. The van der Waals surface area contributed by atoms with Crippen LogP contribution in [0.3, 0.4) is 0 Å². The van der Waals surface area contributed by atoms with E-state index in [2.05, 4.69) is 31.8 Å². The van der Waals surface area contributed by atoms with E-state index in [0.29, 0.717) is 21.9 Å². The molecule has 2 aromatic carbocycles. The van der Waals surface area contributed by atoms with Gasteiger partial charge in [0, 0.05) is 12.1 Å². The van der Waals surface area contributed by atoms with Gasteiger partial charge in [-0.05, 0) is 43.7 Å². The molecular formula is C21H18FN5O2S2. The van der Waals surface area contributed by atoms with Gasteiger partial charge in [0.05, 0.1) is 5.75 Å². The van der Waals surface area contributed by atoms with Gasteiger partial charge in [-0.3, -0.25) is 4.79 Å². The highest BCUT2D eigenvalue weighted by Gasteiger charge is 2.15. The Labute approximate surface area is 186 Å². The molecule has 0 radical (unpaired) electrons. The molecule has 0 spiro atoms. The second-order valence-corrected chi connectivity index (χ2v) is 8.84. The average Bonchev–Trinajstić information content (AvgIpc) is 3.41. The van der Waals surface area contributed by atoms with Crippen molar-refractivity contribution in [3.63, 3.8) is 0 Å². The highest BCUT2D eigenvalue weighted by atomic mass is 32.2. The Bertz CT molecular complexity index is 1190. The van der Waals surface area contributed by atoms with Crippen molar-refractivity contribution in [3.05, 3.63) is 75.0 Å². The molecule has 2 heterocycles. The minimum atomic E-state index is -0.326. The largest absolute Gasteiger partial charge is 0.411 e. The van der Waals surface area contributed by atoms with Crippen molar-refractivity contribution < 1.29 is 13.6 Å². The average molecular weight is 456 g/mol. The van der Waals surface area contributed by atoms with E-state index in [1.165, 1.54) is 35.2 Å². The number of rotatable bonds is 7. The van der Waals surface area contributed by atoms with Gasteiger partial charge in [-0.15, -0.1) is 20.4 Å². The second-order valence-electron chi connectivity index (χ2n) is 6.85. The number of carbonyl (C=O) groups is 1. The van der Waals surface area contributed by atoms with E-state index in [4.69, 9.17) is 4.42 Å². The Balaban J connectivity index is 1.32. The second kappa shape index (κ2) is 9.36. The topological polar surface area (TPSA) is 93.8 Å². The molecule has 2 aromatic heterocycles. The van der Waals surface area contributed by atoms with Gasteiger partial charge in [-0.2, -0.15) is 0 Å². The summed E-state index contributed by atoms with van der Waals surface area (Å²) in [6.07, 6.45) is 0. The summed E-state index contributed by atoms with van der Waals surface area (Å²) in [6, 6.07) is 12.0. The molecule has 0 unspecified atom stereocenters. The van der Waals surface area contributed by atoms with Gasteiger partial charge in [0.1, 0.15) is 10.8 Å². The number of hydrogen-bond donors (Lipinski definition) is 1. The smallest absolute Gasteiger partial charge is 0.282 e. The van der Waals surface area contributed by atoms with E-state index < -0.39 is 0 Å². The minimum absolute atomic E-state index is 0.263. The van der Waals surface area contributed by atoms with Gasteiger partial charge >= 0.3 is 0 Å². The van der Waals surface area contributed by atoms with Crippen LogP contribution in [-0.2, 0) is 12.3 Å². The SMILES string of the molecule is Cc1cc(C)cc(-c2nnc(SCc3nnc(C(=O)NCc4ccc(F)cc4)s3)o2)c1. The molecule has 0 aliphatic carbocycles. The third-order valence-electron chi connectivity index (χ3n) is 4.22. The zero-order chi connectivity index (χ0) is 21.8. The maximum atomic E-state index is 12.9. The highest BCUT2D eigenvalue weighted by molar-refractivity contribution is 7.98. The van der Waals surface area contributed by atoms with E-state index in [0.717, 1.165) is 22.3 Å². The molecule has 0 saturated heterocycles. The highest BCUT2D eigenvalue weighted by Crippen LogP contribution is 2.27. The summed E-state index contributed by atoms with van der Waals surface area (Å²) in [5.74, 6) is 0.279. The predicted octanol–water partition coefficient (Wildman–Crippen LogP) is 4.57. The number of nitrogens with zero attached hydrogens (tertiary/aromatic N) is 4. The molecule has 4 aromatic rings. The first-order valence-corrected chi connectivity index (χ1v) is 11.2. The van der Waals surface area contributed by atoms with Crippen LogP contribution in [0, 0.1) is 19.7 Å². The summed E-state index contributed by atoms with van der Waals surface area (Å²) < 4.78 is 18.7. The molecule has 0 aliphatic rings. The third kappa shape index (κ3) is 5.53.